The Hall–Kier alpha value is -1.32. The van der Waals surface area contributed by atoms with E-state index in [2.05, 4.69) is 14.9 Å². The molecule has 1 saturated carbocycles. The van der Waals surface area contributed by atoms with Crippen LogP contribution in [0.1, 0.15) is 19.3 Å². The first-order valence-corrected chi connectivity index (χ1v) is 5.18. The van der Waals surface area contributed by atoms with Gasteiger partial charge >= 0.3 is 0 Å². The average molecular weight is 190 g/mol. The maximum absolute atomic E-state index is 5.65. The molecule has 2 heterocycles. The highest BCUT2D eigenvalue weighted by Gasteiger charge is 2.38. The van der Waals surface area contributed by atoms with E-state index >= 15 is 0 Å². The highest BCUT2D eigenvalue weighted by molar-refractivity contribution is 5.40. The topological polar surface area (TPSA) is 55.0 Å². The minimum absolute atomic E-state index is 0.567. The number of hydrogen-bond acceptors (Lipinski definition) is 4. The van der Waals surface area contributed by atoms with Crippen LogP contribution < -0.4 is 10.6 Å². The lowest BCUT2D eigenvalue weighted by Crippen LogP contribution is -2.33. The summed E-state index contributed by atoms with van der Waals surface area (Å²) in [4.78, 5) is 10.9. The number of nitrogens with zero attached hydrogens (tertiary/aromatic N) is 3. The van der Waals surface area contributed by atoms with E-state index in [1.54, 1.807) is 12.3 Å². The van der Waals surface area contributed by atoms with E-state index in [1.165, 1.54) is 19.3 Å². The Morgan fingerprint density at radius 1 is 1.43 bits per heavy atom. The summed E-state index contributed by atoms with van der Waals surface area (Å²) < 4.78 is 0. The predicted octanol–water partition coefficient (Wildman–Crippen LogP) is 1.05. The number of nitrogens with two attached hydrogens (primary N) is 1. The molecule has 0 aromatic carbocycles. The van der Waals surface area contributed by atoms with Gasteiger partial charge in [-0.2, -0.15) is 4.98 Å². The normalized spacial score (nSPS) is 29.9. The van der Waals surface area contributed by atoms with E-state index in [0.717, 1.165) is 18.4 Å². The van der Waals surface area contributed by atoms with Crippen molar-refractivity contribution in [3.63, 3.8) is 0 Å². The van der Waals surface area contributed by atoms with E-state index in [9.17, 15) is 0 Å². The van der Waals surface area contributed by atoms with Gasteiger partial charge in [0.25, 0.3) is 0 Å². The maximum Gasteiger partial charge on any atom is 0.227 e. The molecule has 2 bridgehead atoms. The summed E-state index contributed by atoms with van der Waals surface area (Å²) >= 11 is 0. The standard InChI is InChI=1S/C10H14N4/c11-9-3-4-12-10(13-9)14-6-7-1-2-8(14)5-7/h3-4,7-8H,1-2,5-6H2,(H2,11,12,13). The molecule has 4 nitrogen and oxygen atoms in total. The molecule has 3 rings (SSSR count). The van der Waals surface area contributed by atoms with Crippen LogP contribution in [0.2, 0.25) is 0 Å². The van der Waals surface area contributed by atoms with Crippen LogP contribution in [-0.4, -0.2) is 22.6 Å². The first-order chi connectivity index (χ1) is 6.83. The fourth-order valence-electron chi connectivity index (χ4n) is 2.67. The van der Waals surface area contributed by atoms with Gasteiger partial charge in [-0.05, 0) is 31.2 Å². The van der Waals surface area contributed by atoms with Gasteiger partial charge in [0.15, 0.2) is 0 Å². The number of aromatic nitrogens is 2. The number of piperidine rings is 1. The fourth-order valence-corrected chi connectivity index (χ4v) is 2.67. The van der Waals surface area contributed by atoms with Crippen LogP contribution in [0.4, 0.5) is 11.8 Å². The third kappa shape index (κ3) is 1.14. The first-order valence-electron chi connectivity index (χ1n) is 5.18. The number of nitrogen functional groups attached to an aromatic ring is 1. The monoisotopic (exact) mass is 190 g/mol. The maximum atomic E-state index is 5.65. The molecule has 74 valence electrons. The Morgan fingerprint density at radius 2 is 2.36 bits per heavy atom. The van der Waals surface area contributed by atoms with Crippen LogP contribution in [0, 0.1) is 5.92 Å². The molecule has 2 aliphatic rings. The third-order valence-electron chi connectivity index (χ3n) is 3.33. The molecule has 1 saturated heterocycles. The molecule has 2 atom stereocenters. The van der Waals surface area contributed by atoms with E-state index in [1.807, 2.05) is 0 Å². The van der Waals surface area contributed by atoms with Gasteiger partial charge in [0, 0.05) is 18.8 Å². The summed E-state index contributed by atoms with van der Waals surface area (Å²) in [5.41, 5.74) is 5.65. The average Bonchev–Trinajstić information content (AvgIpc) is 2.78. The zero-order chi connectivity index (χ0) is 9.54. The Morgan fingerprint density at radius 3 is 3.00 bits per heavy atom. The molecule has 2 N–H and O–H groups in total. The number of fused-ring (bicyclic) bond motifs is 2. The van der Waals surface area contributed by atoms with Crippen LogP contribution in [-0.2, 0) is 0 Å². The lowest BCUT2D eigenvalue weighted by Gasteiger charge is -2.26. The largest absolute Gasteiger partial charge is 0.384 e. The Bertz CT molecular complexity index is 352. The molecular weight excluding hydrogens is 176 g/mol. The summed E-state index contributed by atoms with van der Waals surface area (Å²) in [6.07, 6.45) is 5.73. The molecule has 2 fully saturated rings. The zero-order valence-corrected chi connectivity index (χ0v) is 8.06. The zero-order valence-electron chi connectivity index (χ0n) is 8.06. The van der Waals surface area contributed by atoms with E-state index in [-0.39, 0.29) is 0 Å². The summed E-state index contributed by atoms with van der Waals surface area (Å²) in [7, 11) is 0. The van der Waals surface area contributed by atoms with Crippen molar-refractivity contribution >= 4 is 11.8 Å². The first kappa shape index (κ1) is 8.03. The molecular formula is C10H14N4. The van der Waals surface area contributed by atoms with Crippen molar-refractivity contribution in [2.24, 2.45) is 5.92 Å². The molecule has 1 aromatic rings. The molecule has 4 heteroatoms. The van der Waals surface area contributed by atoms with Crippen molar-refractivity contribution in [2.75, 3.05) is 17.2 Å². The van der Waals surface area contributed by atoms with Gasteiger partial charge in [-0.1, -0.05) is 0 Å². The van der Waals surface area contributed by atoms with Gasteiger partial charge in [-0.15, -0.1) is 0 Å². The van der Waals surface area contributed by atoms with E-state index in [0.29, 0.717) is 11.9 Å². The molecule has 0 amide bonds. The second-order valence-corrected chi connectivity index (χ2v) is 4.27. The summed E-state index contributed by atoms with van der Waals surface area (Å²) in [6.45, 7) is 1.12. The SMILES string of the molecule is Nc1ccnc(N2CC3CCC2C3)n1. The van der Waals surface area contributed by atoms with Gasteiger partial charge in [0.2, 0.25) is 5.95 Å². The number of anilines is 2. The molecule has 0 radical (unpaired) electrons. The quantitative estimate of drug-likeness (QED) is 0.719. The van der Waals surface area contributed by atoms with Crippen LogP contribution in [0.3, 0.4) is 0 Å². The third-order valence-corrected chi connectivity index (χ3v) is 3.33. The Balaban J connectivity index is 1.89. The van der Waals surface area contributed by atoms with E-state index < -0.39 is 0 Å². The van der Waals surface area contributed by atoms with E-state index in [4.69, 9.17) is 5.73 Å². The summed E-state index contributed by atoms with van der Waals surface area (Å²) in [5.74, 6) is 2.25. The number of rotatable bonds is 1. The van der Waals surface area contributed by atoms with Crippen molar-refractivity contribution in [1.82, 2.24) is 9.97 Å². The summed E-state index contributed by atoms with van der Waals surface area (Å²) in [6, 6.07) is 2.40. The predicted molar refractivity (Wildman–Crippen MR) is 54.9 cm³/mol. The van der Waals surface area contributed by atoms with Gasteiger partial charge in [-0.3, -0.25) is 0 Å². The van der Waals surface area contributed by atoms with Crippen molar-refractivity contribution in [3.8, 4) is 0 Å². The smallest absolute Gasteiger partial charge is 0.227 e. The van der Waals surface area contributed by atoms with Crippen molar-refractivity contribution in [3.05, 3.63) is 12.3 Å². The minimum atomic E-state index is 0.567. The molecule has 1 aliphatic carbocycles. The minimum Gasteiger partial charge on any atom is -0.384 e. The summed E-state index contributed by atoms with van der Waals surface area (Å²) in [5, 5.41) is 0. The highest BCUT2D eigenvalue weighted by atomic mass is 15.3. The molecule has 1 aliphatic heterocycles. The molecule has 14 heavy (non-hydrogen) atoms. The Labute approximate surface area is 83.1 Å². The van der Waals surface area contributed by atoms with Crippen LogP contribution in [0.15, 0.2) is 12.3 Å². The fraction of sp³-hybridized carbons (Fsp3) is 0.600. The van der Waals surface area contributed by atoms with Gasteiger partial charge < -0.3 is 10.6 Å². The second kappa shape index (κ2) is 2.83. The molecule has 1 aromatic heterocycles. The highest BCUT2D eigenvalue weighted by Crippen LogP contribution is 2.38. The lowest BCUT2D eigenvalue weighted by atomic mass is 10.1. The molecule has 2 unspecified atom stereocenters. The van der Waals surface area contributed by atoms with Crippen molar-refractivity contribution in [2.45, 2.75) is 25.3 Å². The van der Waals surface area contributed by atoms with Gasteiger partial charge in [-0.25, -0.2) is 4.98 Å². The van der Waals surface area contributed by atoms with Crippen LogP contribution in [0.5, 0.6) is 0 Å². The number of hydrogen-bond donors (Lipinski definition) is 1. The van der Waals surface area contributed by atoms with Gasteiger partial charge in [0.05, 0.1) is 0 Å². The Kier molecular flexibility index (Phi) is 1.63. The lowest BCUT2D eigenvalue weighted by molar-refractivity contribution is 0.546. The van der Waals surface area contributed by atoms with Crippen LogP contribution in [0.25, 0.3) is 0 Å². The van der Waals surface area contributed by atoms with Gasteiger partial charge in [0.1, 0.15) is 5.82 Å². The molecule has 0 spiro atoms. The second-order valence-electron chi connectivity index (χ2n) is 4.27. The van der Waals surface area contributed by atoms with Crippen LogP contribution >= 0.6 is 0 Å². The van der Waals surface area contributed by atoms with Crippen molar-refractivity contribution in [1.29, 1.82) is 0 Å². The van der Waals surface area contributed by atoms with Crippen molar-refractivity contribution < 1.29 is 0 Å².